The molecule has 12 rings (SSSR count). The van der Waals surface area contributed by atoms with Crippen LogP contribution in [0.25, 0.3) is 0 Å². The molecule has 0 amide bonds. The van der Waals surface area contributed by atoms with Crippen molar-refractivity contribution in [3.05, 3.63) is 0 Å². The van der Waals surface area contributed by atoms with Crippen molar-refractivity contribution >= 4 is 49.2 Å². The van der Waals surface area contributed by atoms with E-state index in [-0.39, 0.29) is 95.8 Å². The molecule has 4 spiro atoms. The summed E-state index contributed by atoms with van der Waals surface area (Å²) in [6, 6.07) is 0. The summed E-state index contributed by atoms with van der Waals surface area (Å²) in [5.74, 6) is 3.29. The average molecular weight is 1030 g/mol. The third kappa shape index (κ3) is 5.96. The summed E-state index contributed by atoms with van der Waals surface area (Å²) < 4.78 is 12.5. The van der Waals surface area contributed by atoms with Gasteiger partial charge in [0, 0.05) is 42.4 Å². The zero-order valence-electron chi connectivity index (χ0n) is 42.6. The van der Waals surface area contributed by atoms with E-state index in [1.807, 2.05) is 20.8 Å². The molecule has 9 heteroatoms. The van der Waals surface area contributed by atoms with Crippen LogP contribution in [-0.2, 0) is 28.7 Å². The maximum atomic E-state index is 13.6. The summed E-state index contributed by atoms with van der Waals surface area (Å²) >= 11 is 0. The Kier molecular flexibility index (Phi) is 11.2. The van der Waals surface area contributed by atoms with Crippen molar-refractivity contribution < 1.29 is 38.9 Å². The number of aliphatic hydroxyl groups is 2. The molecule has 2 saturated heterocycles. The summed E-state index contributed by atoms with van der Waals surface area (Å²) in [5, 5.41) is 22.4. The first-order valence-corrected chi connectivity index (χ1v) is 26.8. The number of fused-ring (bicyclic) bond motifs is 4. The molecule has 10 aliphatic carbocycles. The monoisotopic (exact) mass is 1030 g/mol. The molecule has 0 radical (unpaired) electrons. The van der Waals surface area contributed by atoms with E-state index < -0.39 is 16.8 Å². The Morgan fingerprint density at radius 2 is 1.03 bits per heavy atom. The predicted octanol–water partition coefficient (Wildman–Crippen LogP) is 10.4. The molecule has 2 N–H and O–H groups in total. The van der Waals surface area contributed by atoms with Gasteiger partial charge in [-0.2, -0.15) is 0 Å². The first-order chi connectivity index (χ1) is 29.9. The van der Waals surface area contributed by atoms with Gasteiger partial charge in [-0.05, 0) is 197 Å². The third-order valence-electron chi connectivity index (χ3n) is 26.0. The number of carbonyl (C=O) groups excluding carboxylic acids is 4. The molecule has 8 nitrogen and oxygen atoms in total. The summed E-state index contributed by atoms with van der Waals surface area (Å²) in [4.78, 5) is 51.3. The van der Waals surface area contributed by atoms with Crippen LogP contribution in [0.4, 0.5) is 0 Å². The first-order valence-electron chi connectivity index (χ1n) is 26.8. The number of ketones is 3. The topological polar surface area (TPSA) is 127 Å². The summed E-state index contributed by atoms with van der Waals surface area (Å²) in [5.41, 5.74) is -0.902. The van der Waals surface area contributed by atoms with Crippen LogP contribution in [0, 0.1) is 89.7 Å². The Bertz CT molecular complexity index is 2140. The number of rotatable bonds is 3. The van der Waals surface area contributed by atoms with Crippen molar-refractivity contribution in [1.82, 2.24) is 0 Å². The van der Waals surface area contributed by atoms with Crippen LogP contribution >= 0.6 is 0 Å². The van der Waals surface area contributed by atoms with Gasteiger partial charge >= 0.3 is 31.8 Å². The maximum absolute atomic E-state index is 13.6. The van der Waals surface area contributed by atoms with Crippen molar-refractivity contribution in [2.45, 2.75) is 248 Å². The van der Waals surface area contributed by atoms with Gasteiger partial charge in [-0.3, -0.25) is 19.2 Å². The van der Waals surface area contributed by atoms with Gasteiger partial charge in [0.05, 0.1) is 29.3 Å². The zero-order valence-corrected chi connectivity index (χ0v) is 42.6. The number of hydrogen-bond donors (Lipinski definition) is 2. The molecule has 0 bridgehead atoms. The summed E-state index contributed by atoms with van der Waals surface area (Å²) in [6.07, 6.45) is 19.4. The summed E-state index contributed by atoms with van der Waals surface area (Å²) in [6.45, 7) is 26.6. The van der Waals surface area contributed by atoms with Gasteiger partial charge in [0.1, 0.15) is 23.0 Å². The molecule has 12 aliphatic rings. The van der Waals surface area contributed by atoms with Gasteiger partial charge in [-0.25, -0.2) is 0 Å². The van der Waals surface area contributed by atoms with Crippen molar-refractivity contribution in [3.8, 4) is 0 Å². The number of hydrogen-bond acceptors (Lipinski definition) is 8. The molecule has 2 heterocycles. The number of Topliss-reactive ketones (excluding diaryl/α,β-unsaturated/α-hetero) is 3. The van der Waals surface area contributed by atoms with Gasteiger partial charge < -0.3 is 19.7 Å². The molecule has 376 valence electrons. The molecule has 0 aromatic rings. The van der Waals surface area contributed by atoms with Crippen LogP contribution in [0.2, 0.25) is 0 Å². The number of ether oxygens (including phenoxy) is 2. The SMILES string of the molecule is C.CC1(C)C(=O)CC[C@]23C[C@]24CC[C@]2(C)C([C@]5(C)CCC(=O)O5)C(=O)C[C@@]2(C)C4CCC13.CC1(C)C(=O)CC[C@]23C[C@]24CC[C@]2(C)C([C@]5(C)CC[C@H](C(C)(C)O)O5)[C@@H](O)C[C@@]2(C)C4CCC13.[InH3]. The standard InChI is InChI=1S/C30H48O4.C27H38O4.CH4.In.3H/c1-24(2)19-8-9-20-27(6)16-18(31)23(28(7)12-11-22(34-28)25(3,4)33)26(27,5)14-15-30(20)17-29(19,30)13-10-21(24)32;1-22(2)17-6-7-18-24(4)14-16(28)21(25(5)10-9-20(30)31-25)23(24,3)12-13-27(18)15-26(17,27)11-8-19(22)29;;;;;/h18-20,22-23,31,33H,8-17H2,1-7H3;17-18,21H,6-15H2,1-5H3;1H4;;;;/t18-,19?,20?,22+,23?,26+,27-,28-,29+,30-;17?,18?,21?,23-,24+,25+,26-,27+;;;;;/m01...../s1. The fourth-order valence-corrected chi connectivity index (χ4v) is 22.8. The fraction of sp³-hybridized carbons (Fsp3) is 0.931. The Morgan fingerprint density at radius 3 is 1.51 bits per heavy atom. The molecule has 12 fully saturated rings. The van der Waals surface area contributed by atoms with Crippen molar-refractivity contribution in [3.63, 3.8) is 0 Å². The van der Waals surface area contributed by atoms with Crippen LogP contribution in [0.5, 0.6) is 0 Å². The molecule has 0 aromatic heterocycles. The van der Waals surface area contributed by atoms with Crippen LogP contribution in [0.1, 0.15) is 219 Å². The Morgan fingerprint density at radius 1 is 0.552 bits per heavy atom. The first kappa shape index (κ1) is 51.1. The number of esters is 1. The normalized spacial score (nSPS) is 55.8. The minimum atomic E-state index is -0.855. The second kappa shape index (κ2) is 14.7. The second-order valence-corrected chi connectivity index (χ2v) is 29.0. The van der Waals surface area contributed by atoms with Gasteiger partial charge in [-0.15, -0.1) is 0 Å². The van der Waals surface area contributed by atoms with E-state index >= 15 is 0 Å². The average Bonchev–Trinajstić information content (AvgIpc) is 3.84. The van der Waals surface area contributed by atoms with Crippen LogP contribution < -0.4 is 0 Å². The molecular weight excluding hydrogens is 939 g/mol. The van der Waals surface area contributed by atoms with Gasteiger partial charge in [0.15, 0.2) is 0 Å². The van der Waals surface area contributed by atoms with Crippen LogP contribution in [0.15, 0.2) is 0 Å². The fourth-order valence-electron chi connectivity index (χ4n) is 22.8. The summed E-state index contributed by atoms with van der Waals surface area (Å²) in [7, 11) is 0. The van der Waals surface area contributed by atoms with E-state index in [0.717, 1.165) is 70.6 Å². The predicted molar refractivity (Wildman–Crippen MR) is 265 cm³/mol. The quantitative estimate of drug-likeness (QED) is 0.268. The van der Waals surface area contributed by atoms with Crippen molar-refractivity contribution in [2.24, 2.45) is 89.7 Å². The Balaban J connectivity index is 0.000000164. The number of carbonyl (C=O) groups is 4. The molecule has 0 aromatic carbocycles. The van der Waals surface area contributed by atoms with E-state index in [4.69, 9.17) is 9.47 Å². The number of aliphatic hydroxyl groups excluding tert-OH is 1. The zero-order chi connectivity index (χ0) is 47.0. The van der Waals surface area contributed by atoms with E-state index in [1.165, 1.54) is 38.5 Å². The van der Waals surface area contributed by atoms with Crippen LogP contribution in [-0.4, -0.2) is 88.4 Å². The molecule has 2 aliphatic heterocycles. The van der Waals surface area contributed by atoms with E-state index in [0.29, 0.717) is 81.9 Å². The van der Waals surface area contributed by atoms with Crippen molar-refractivity contribution in [2.75, 3.05) is 0 Å². The van der Waals surface area contributed by atoms with Gasteiger partial charge in [0.2, 0.25) is 0 Å². The van der Waals surface area contributed by atoms with Crippen LogP contribution in [0.3, 0.4) is 0 Å². The molecule has 6 unspecified atom stereocenters. The van der Waals surface area contributed by atoms with Gasteiger partial charge in [0.25, 0.3) is 0 Å². The molecule has 67 heavy (non-hydrogen) atoms. The van der Waals surface area contributed by atoms with Crippen molar-refractivity contribution in [1.29, 1.82) is 0 Å². The third-order valence-corrected chi connectivity index (χ3v) is 26.0. The molecule has 18 atom stereocenters. The number of cyclic esters (lactones) is 1. The van der Waals surface area contributed by atoms with E-state index in [9.17, 15) is 29.4 Å². The Hall–Kier alpha value is -0.770. The molecule has 10 saturated carbocycles. The second-order valence-electron chi connectivity index (χ2n) is 29.0. The van der Waals surface area contributed by atoms with Gasteiger partial charge in [-0.1, -0.05) is 62.8 Å². The van der Waals surface area contributed by atoms with E-state index in [2.05, 4.69) is 62.3 Å². The minimum absolute atomic E-state index is 0. The molecular formula is C58H93InO8. The van der Waals surface area contributed by atoms with E-state index in [1.54, 1.807) is 0 Å². The Labute approximate surface area is 423 Å².